The minimum atomic E-state index is -0.0294. The molecule has 1 atom stereocenters. The van der Waals surface area contributed by atoms with Crippen molar-refractivity contribution in [1.29, 1.82) is 0 Å². The molecule has 1 aliphatic heterocycles. The molecule has 0 saturated carbocycles. The van der Waals surface area contributed by atoms with Crippen molar-refractivity contribution in [2.24, 2.45) is 0 Å². The molecule has 4 rings (SSSR count). The van der Waals surface area contributed by atoms with E-state index in [2.05, 4.69) is 55.5 Å². The number of carbonyl (C=O) groups is 1. The molecule has 0 bridgehead atoms. The molecule has 124 valence electrons. The van der Waals surface area contributed by atoms with E-state index in [1.54, 1.807) is 0 Å². The Morgan fingerprint density at radius 3 is 2.32 bits per heavy atom. The lowest BCUT2D eigenvalue weighted by molar-refractivity contribution is 0.0694. The molecule has 1 aliphatic rings. The van der Waals surface area contributed by atoms with Crippen LogP contribution in [-0.4, -0.2) is 17.4 Å². The topological polar surface area (TPSA) is 20.3 Å². The largest absolute Gasteiger partial charge is 0.327 e. The molecular formula is C23H21NO. The summed E-state index contributed by atoms with van der Waals surface area (Å²) in [7, 11) is 0. The Bertz CT molecular complexity index is 883. The molecule has 1 amide bonds. The van der Waals surface area contributed by atoms with Crippen LogP contribution in [0.2, 0.25) is 0 Å². The Kier molecular flexibility index (Phi) is 4.10. The third-order valence-electron chi connectivity index (χ3n) is 4.96. The van der Waals surface area contributed by atoms with Crippen LogP contribution in [0, 0.1) is 6.92 Å². The first-order valence-electron chi connectivity index (χ1n) is 8.74. The van der Waals surface area contributed by atoms with Crippen molar-refractivity contribution in [1.82, 2.24) is 4.90 Å². The summed E-state index contributed by atoms with van der Waals surface area (Å²) < 4.78 is 0. The van der Waals surface area contributed by atoms with E-state index in [0.717, 1.165) is 18.5 Å². The molecule has 0 fully saturated rings. The first-order chi connectivity index (χ1) is 12.2. The van der Waals surface area contributed by atoms with E-state index in [1.165, 1.54) is 22.3 Å². The van der Waals surface area contributed by atoms with Crippen molar-refractivity contribution in [2.75, 3.05) is 6.54 Å². The van der Waals surface area contributed by atoms with Crippen LogP contribution in [0.4, 0.5) is 0 Å². The molecule has 0 unspecified atom stereocenters. The minimum Gasteiger partial charge on any atom is -0.327 e. The van der Waals surface area contributed by atoms with Crippen LogP contribution < -0.4 is 0 Å². The fourth-order valence-electron chi connectivity index (χ4n) is 3.64. The smallest absolute Gasteiger partial charge is 0.254 e. The number of fused-ring (bicyclic) bond motifs is 1. The summed E-state index contributed by atoms with van der Waals surface area (Å²) in [4.78, 5) is 15.2. The second kappa shape index (κ2) is 6.56. The second-order valence-electron chi connectivity index (χ2n) is 6.63. The Morgan fingerprint density at radius 2 is 1.56 bits per heavy atom. The number of benzene rings is 3. The standard InChI is InChI=1S/C23H21NO/c1-17-11-13-19(14-12-17)22-21-10-6-5-7-18(21)15-16-24(22)23(25)20-8-3-2-4-9-20/h2-14,22H,15-16H2,1H3/t22-/m0/s1. The second-order valence-corrected chi connectivity index (χ2v) is 6.63. The maximum Gasteiger partial charge on any atom is 0.254 e. The normalized spacial score (nSPS) is 16.4. The molecule has 2 heteroatoms. The van der Waals surface area contributed by atoms with Gasteiger partial charge in [-0.05, 0) is 42.2 Å². The first kappa shape index (κ1) is 15.6. The van der Waals surface area contributed by atoms with Gasteiger partial charge in [0.05, 0.1) is 6.04 Å². The SMILES string of the molecule is Cc1ccc([C@H]2c3ccccc3CCN2C(=O)c2ccccc2)cc1. The van der Waals surface area contributed by atoms with Crippen molar-refractivity contribution in [3.63, 3.8) is 0 Å². The zero-order valence-corrected chi connectivity index (χ0v) is 14.4. The van der Waals surface area contributed by atoms with Gasteiger partial charge in [-0.25, -0.2) is 0 Å². The van der Waals surface area contributed by atoms with E-state index in [1.807, 2.05) is 35.2 Å². The van der Waals surface area contributed by atoms with Gasteiger partial charge < -0.3 is 4.90 Å². The lowest BCUT2D eigenvalue weighted by Gasteiger charge is -2.38. The number of amides is 1. The van der Waals surface area contributed by atoms with Crippen LogP contribution in [0.25, 0.3) is 0 Å². The zero-order chi connectivity index (χ0) is 17.2. The molecule has 25 heavy (non-hydrogen) atoms. The molecular weight excluding hydrogens is 306 g/mol. The van der Waals surface area contributed by atoms with Crippen LogP contribution in [0.1, 0.15) is 38.7 Å². The highest BCUT2D eigenvalue weighted by atomic mass is 16.2. The van der Waals surface area contributed by atoms with E-state index >= 15 is 0 Å². The fourth-order valence-corrected chi connectivity index (χ4v) is 3.64. The Morgan fingerprint density at radius 1 is 0.880 bits per heavy atom. The van der Waals surface area contributed by atoms with Crippen LogP contribution in [-0.2, 0) is 6.42 Å². The van der Waals surface area contributed by atoms with E-state index in [-0.39, 0.29) is 11.9 Å². The van der Waals surface area contributed by atoms with E-state index in [9.17, 15) is 4.79 Å². The van der Waals surface area contributed by atoms with E-state index in [4.69, 9.17) is 0 Å². The van der Waals surface area contributed by atoms with Gasteiger partial charge in [0.2, 0.25) is 0 Å². The number of aryl methyl sites for hydroxylation is 1. The molecule has 2 nitrogen and oxygen atoms in total. The average Bonchev–Trinajstić information content (AvgIpc) is 2.68. The van der Waals surface area contributed by atoms with Crippen LogP contribution >= 0.6 is 0 Å². The summed E-state index contributed by atoms with van der Waals surface area (Å²) in [5, 5.41) is 0. The van der Waals surface area contributed by atoms with E-state index < -0.39 is 0 Å². The van der Waals surface area contributed by atoms with E-state index in [0.29, 0.717) is 0 Å². The van der Waals surface area contributed by atoms with Gasteiger partial charge in [-0.2, -0.15) is 0 Å². The lowest BCUT2D eigenvalue weighted by atomic mass is 9.87. The predicted octanol–water partition coefficient (Wildman–Crippen LogP) is 4.78. The van der Waals surface area contributed by atoms with Crippen molar-refractivity contribution in [3.05, 3.63) is 107 Å². The number of hydrogen-bond acceptors (Lipinski definition) is 1. The number of nitrogens with zero attached hydrogens (tertiary/aromatic N) is 1. The quantitative estimate of drug-likeness (QED) is 0.663. The number of carbonyl (C=O) groups excluding carboxylic acids is 1. The van der Waals surface area contributed by atoms with Gasteiger partial charge in [0.15, 0.2) is 0 Å². The van der Waals surface area contributed by atoms with Crippen molar-refractivity contribution in [3.8, 4) is 0 Å². The fraction of sp³-hybridized carbons (Fsp3) is 0.174. The molecule has 0 N–H and O–H groups in total. The summed E-state index contributed by atoms with van der Waals surface area (Å²) in [6.07, 6.45) is 0.900. The zero-order valence-electron chi connectivity index (χ0n) is 14.4. The van der Waals surface area contributed by atoms with Crippen molar-refractivity contribution in [2.45, 2.75) is 19.4 Å². The van der Waals surface area contributed by atoms with Crippen LogP contribution in [0.3, 0.4) is 0 Å². The maximum atomic E-state index is 13.2. The number of rotatable bonds is 2. The predicted molar refractivity (Wildman–Crippen MR) is 101 cm³/mol. The Balaban J connectivity index is 1.80. The van der Waals surface area contributed by atoms with Gasteiger partial charge in [-0.15, -0.1) is 0 Å². The van der Waals surface area contributed by atoms with Crippen LogP contribution in [0.5, 0.6) is 0 Å². The molecule has 0 radical (unpaired) electrons. The van der Waals surface area contributed by atoms with Gasteiger partial charge in [0.1, 0.15) is 0 Å². The molecule has 0 spiro atoms. The molecule has 0 aliphatic carbocycles. The summed E-state index contributed by atoms with van der Waals surface area (Å²) in [5.74, 6) is 0.0979. The maximum absolute atomic E-state index is 13.2. The molecule has 1 heterocycles. The Hall–Kier alpha value is -2.87. The van der Waals surface area contributed by atoms with Gasteiger partial charge in [-0.3, -0.25) is 4.79 Å². The van der Waals surface area contributed by atoms with Gasteiger partial charge in [0, 0.05) is 12.1 Å². The average molecular weight is 327 g/mol. The van der Waals surface area contributed by atoms with Gasteiger partial charge in [0.25, 0.3) is 5.91 Å². The van der Waals surface area contributed by atoms with Crippen molar-refractivity contribution < 1.29 is 4.79 Å². The third-order valence-corrected chi connectivity index (χ3v) is 4.96. The highest BCUT2D eigenvalue weighted by molar-refractivity contribution is 5.95. The summed E-state index contributed by atoms with van der Waals surface area (Å²) in [6.45, 7) is 2.83. The Labute approximate surface area is 148 Å². The molecule has 0 saturated heterocycles. The molecule has 3 aromatic rings. The molecule has 0 aromatic heterocycles. The monoisotopic (exact) mass is 327 g/mol. The minimum absolute atomic E-state index is 0.0294. The lowest BCUT2D eigenvalue weighted by Crippen LogP contribution is -2.40. The summed E-state index contributed by atoms with van der Waals surface area (Å²) in [6, 6.07) is 26.6. The highest BCUT2D eigenvalue weighted by Crippen LogP contribution is 2.36. The number of hydrogen-bond donors (Lipinski definition) is 0. The summed E-state index contributed by atoms with van der Waals surface area (Å²) >= 11 is 0. The summed E-state index contributed by atoms with van der Waals surface area (Å²) in [5.41, 5.74) is 5.72. The molecule has 3 aromatic carbocycles. The van der Waals surface area contributed by atoms with Gasteiger partial charge in [-0.1, -0.05) is 72.3 Å². The third kappa shape index (κ3) is 2.96. The van der Waals surface area contributed by atoms with Crippen molar-refractivity contribution >= 4 is 5.91 Å². The van der Waals surface area contributed by atoms with Gasteiger partial charge >= 0.3 is 0 Å². The first-order valence-corrected chi connectivity index (χ1v) is 8.74. The van der Waals surface area contributed by atoms with Crippen LogP contribution in [0.15, 0.2) is 78.9 Å². The highest BCUT2D eigenvalue weighted by Gasteiger charge is 2.32.